The molecule has 0 bridgehead atoms. The molecule has 0 saturated heterocycles. The molecule has 3 amide bonds. The van der Waals surface area contributed by atoms with E-state index in [9.17, 15) is 9.59 Å². The number of urea groups is 1. The van der Waals surface area contributed by atoms with E-state index < -0.39 is 12.1 Å². The summed E-state index contributed by atoms with van der Waals surface area (Å²) in [5, 5.41) is 9.01. The predicted octanol–water partition coefficient (Wildman–Crippen LogP) is 1.44. The van der Waals surface area contributed by atoms with Crippen molar-refractivity contribution < 1.29 is 14.9 Å². The second kappa shape index (κ2) is 9.07. The smallest absolute Gasteiger partial charge is 0.321 e. The number of quaternary nitrogens is 1. The van der Waals surface area contributed by atoms with Crippen LogP contribution in [0.5, 0.6) is 0 Å². The van der Waals surface area contributed by atoms with Crippen molar-refractivity contribution in [3.8, 4) is 0 Å². The largest absolute Gasteiger partial charge is 0.338 e. The lowest BCUT2D eigenvalue weighted by Crippen LogP contribution is -2.88. The van der Waals surface area contributed by atoms with Crippen LogP contribution in [0.3, 0.4) is 0 Å². The van der Waals surface area contributed by atoms with Crippen molar-refractivity contribution in [3.05, 3.63) is 58.3 Å². The minimum atomic E-state index is -0.454. The van der Waals surface area contributed by atoms with Gasteiger partial charge in [0.1, 0.15) is 0 Å². The van der Waals surface area contributed by atoms with Crippen LogP contribution in [-0.4, -0.2) is 25.0 Å². The summed E-state index contributed by atoms with van der Waals surface area (Å²) < 4.78 is 0. The van der Waals surface area contributed by atoms with E-state index in [1.165, 1.54) is 4.88 Å². The van der Waals surface area contributed by atoms with E-state index in [2.05, 4.69) is 16.7 Å². The highest BCUT2D eigenvalue weighted by atomic mass is 32.1. The Morgan fingerprint density at radius 1 is 1.17 bits per heavy atom. The molecule has 1 aromatic heterocycles. The van der Waals surface area contributed by atoms with E-state index >= 15 is 0 Å². The number of carbonyl (C=O) groups excluding carboxylic acids is 2. The standard InChI is InChI=1S/C17H21N3O2S/c1-2-18-17(22)20-16(21)15(13-7-4-3-5-8-13)19-11-10-14-9-6-12-23-14/h3-9,12,15,19H,2,10-11H2,1H3,(H2,18,20,21,22)/p+1/t15-/m0/s1. The van der Waals surface area contributed by atoms with Crippen molar-refractivity contribution in [3.63, 3.8) is 0 Å². The van der Waals surface area contributed by atoms with Gasteiger partial charge in [0.15, 0.2) is 6.04 Å². The number of nitrogens with two attached hydrogens (primary N) is 1. The number of nitrogens with one attached hydrogen (secondary N) is 2. The molecule has 1 atom stereocenters. The van der Waals surface area contributed by atoms with Gasteiger partial charge in [0, 0.05) is 23.4 Å². The lowest BCUT2D eigenvalue weighted by Gasteiger charge is -2.15. The molecule has 4 N–H and O–H groups in total. The SMILES string of the molecule is CCNC(=O)NC(=O)[C@@H]([NH2+]CCc1cccs1)c1ccccc1. The first-order chi connectivity index (χ1) is 11.2. The summed E-state index contributed by atoms with van der Waals surface area (Å²) in [6.07, 6.45) is 0.898. The predicted molar refractivity (Wildman–Crippen MR) is 91.2 cm³/mol. The summed E-state index contributed by atoms with van der Waals surface area (Å²) >= 11 is 1.71. The number of hydrogen-bond acceptors (Lipinski definition) is 3. The molecule has 1 heterocycles. The summed E-state index contributed by atoms with van der Waals surface area (Å²) in [4.78, 5) is 25.3. The zero-order valence-corrected chi connectivity index (χ0v) is 13.9. The fourth-order valence-corrected chi connectivity index (χ4v) is 3.02. The third-order valence-corrected chi connectivity index (χ3v) is 4.32. The topological polar surface area (TPSA) is 74.8 Å². The highest BCUT2D eigenvalue weighted by molar-refractivity contribution is 7.09. The molecule has 0 aliphatic heterocycles. The number of amides is 3. The van der Waals surface area contributed by atoms with Crippen LogP contribution in [0.15, 0.2) is 47.8 Å². The van der Waals surface area contributed by atoms with Crippen molar-refractivity contribution in [1.29, 1.82) is 0 Å². The number of imide groups is 1. The lowest BCUT2D eigenvalue weighted by atomic mass is 10.1. The summed E-state index contributed by atoms with van der Waals surface area (Å²) in [6.45, 7) is 3.08. The average Bonchev–Trinajstić information content (AvgIpc) is 3.06. The zero-order chi connectivity index (χ0) is 16.5. The first-order valence-corrected chi connectivity index (χ1v) is 8.58. The molecule has 0 unspecified atom stereocenters. The molecule has 0 spiro atoms. The molecule has 2 aromatic rings. The van der Waals surface area contributed by atoms with Gasteiger partial charge in [-0.05, 0) is 18.4 Å². The minimum absolute atomic E-state index is 0.298. The normalized spacial score (nSPS) is 11.7. The molecule has 0 saturated carbocycles. The molecule has 5 nitrogen and oxygen atoms in total. The Kier molecular flexibility index (Phi) is 6.77. The third-order valence-electron chi connectivity index (χ3n) is 3.39. The molecular weight excluding hydrogens is 310 g/mol. The summed E-state index contributed by atoms with van der Waals surface area (Å²) in [6, 6.07) is 12.7. The molecule has 122 valence electrons. The number of thiophene rings is 1. The first kappa shape index (κ1) is 17.2. The number of carbonyl (C=O) groups is 2. The van der Waals surface area contributed by atoms with Crippen LogP contribution in [0.1, 0.15) is 23.4 Å². The number of benzene rings is 1. The van der Waals surface area contributed by atoms with Crippen molar-refractivity contribution in [1.82, 2.24) is 10.6 Å². The highest BCUT2D eigenvalue weighted by Crippen LogP contribution is 2.10. The molecular formula is C17H22N3O2S+. The fourth-order valence-electron chi connectivity index (χ4n) is 2.30. The van der Waals surface area contributed by atoms with E-state index in [1.807, 2.05) is 54.0 Å². The monoisotopic (exact) mass is 332 g/mol. The van der Waals surface area contributed by atoms with Crippen molar-refractivity contribution in [2.75, 3.05) is 13.1 Å². The van der Waals surface area contributed by atoms with E-state index in [0.717, 1.165) is 18.5 Å². The van der Waals surface area contributed by atoms with Crippen LogP contribution in [-0.2, 0) is 11.2 Å². The van der Waals surface area contributed by atoms with Crippen molar-refractivity contribution in [2.45, 2.75) is 19.4 Å². The minimum Gasteiger partial charge on any atom is -0.338 e. The second-order valence-electron chi connectivity index (χ2n) is 5.09. The molecule has 6 heteroatoms. The van der Waals surface area contributed by atoms with Gasteiger partial charge in [-0.1, -0.05) is 36.4 Å². The first-order valence-electron chi connectivity index (χ1n) is 7.70. The van der Waals surface area contributed by atoms with Gasteiger partial charge in [0.25, 0.3) is 5.91 Å². The van der Waals surface area contributed by atoms with E-state index in [-0.39, 0.29) is 5.91 Å². The second-order valence-corrected chi connectivity index (χ2v) is 6.12. The molecule has 1 aromatic carbocycles. The van der Waals surface area contributed by atoms with E-state index in [0.29, 0.717) is 6.54 Å². The van der Waals surface area contributed by atoms with Gasteiger partial charge in [0.05, 0.1) is 6.54 Å². The molecule has 0 aliphatic carbocycles. The van der Waals surface area contributed by atoms with Crippen molar-refractivity contribution >= 4 is 23.3 Å². The van der Waals surface area contributed by atoms with Crippen LogP contribution >= 0.6 is 11.3 Å². The van der Waals surface area contributed by atoms with Crippen LogP contribution in [0, 0.1) is 0 Å². The fraction of sp³-hybridized carbons (Fsp3) is 0.294. The molecule has 0 fully saturated rings. The number of rotatable bonds is 7. The zero-order valence-electron chi connectivity index (χ0n) is 13.1. The average molecular weight is 332 g/mol. The van der Waals surface area contributed by atoms with E-state index in [4.69, 9.17) is 0 Å². The maximum Gasteiger partial charge on any atom is 0.321 e. The highest BCUT2D eigenvalue weighted by Gasteiger charge is 2.25. The Balaban J connectivity index is 1.99. The maximum absolute atomic E-state index is 12.4. The summed E-state index contributed by atoms with van der Waals surface area (Å²) in [5.41, 5.74) is 0.889. The van der Waals surface area contributed by atoms with Gasteiger partial charge in [-0.25, -0.2) is 4.79 Å². The van der Waals surface area contributed by atoms with Crippen molar-refractivity contribution in [2.24, 2.45) is 0 Å². The van der Waals surface area contributed by atoms with Gasteiger partial charge >= 0.3 is 6.03 Å². The van der Waals surface area contributed by atoms with Crippen LogP contribution in [0.2, 0.25) is 0 Å². The molecule has 23 heavy (non-hydrogen) atoms. The summed E-state index contributed by atoms with van der Waals surface area (Å²) in [5.74, 6) is -0.298. The molecule has 0 radical (unpaired) electrons. The molecule has 2 rings (SSSR count). The van der Waals surface area contributed by atoms with Gasteiger partial charge < -0.3 is 10.6 Å². The Morgan fingerprint density at radius 2 is 1.96 bits per heavy atom. The molecule has 0 aliphatic rings. The number of hydrogen-bond donors (Lipinski definition) is 3. The van der Waals surface area contributed by atoms with Crippen LogP contribution in [0.4, 0.5) is 4.79 Å². The van der Waals surface area contributed by atoms with Gasteiger partial charge in [0.2, 0.25) is 0 Å². The Morgan fingerprint density at radius 3 is 2.61 bits per heavy atom. The Labute approximate surface area is 140 Å². The Hall–Kier alpha value is -2.18. The van der Waals surface area contributed by atoms with Gasteiger partial charge in [-0.15, -0.1) is 11.3 Å². The Bertz CT molecular complexity index is 614. The maximum atomic E-state index is 12.4. The van der Waals surface area contributed by atoms with Crippen LogP contribution in [0.25, 0.3) is 0 Å². The van der Waals surface area contributed by atoms with Gasteiger partial charge in [-0.3, -0.25) is 10.1 Å². The lowest BCUT2D eigenvalue weighted by molar-refractivity contribution is -0.682. The van der Waals surface area contributed by atoms with Gasteiger partial charge in [-0.2, -0.15) is 0 Å². The quantitative estimate of drug-likeness (QED) is 0.718. The third kappa shape index (κ3) is 5.50. The van der Waals surface area contributed by atoms with Crippen LogP contribution < -0.4 is 16.0 Å². The summed E-state index contributed by atoms with van der Waals surface area (Å²) in [7, 11) is 0. The van der Waals surface area contributed by atoms with E-state index in [1.54, 1.807) is 11.3 Å².